The first kappa shape index (κ1) is 11.5. The first-order valence-electron chi connectivity index (χ1n) is 5.49. The maximum atomic E-state index is 8.95. The summed E-state index contributed by atoms with van der Waals surface area (Å²) in [5.74, 6) is 0. The third kappa shape index (κ3) is 2.70. The van der Waals surface area contributed by atoms with Gasteiger partial charge in [0.2, 0.25) is 0 Å². The Morgan fingerprint density at radius 2 is 2.00 bits per heavy atom. The smallest absolute Gasteiger partial charge is 0.0975 e. The topological polar surface area (TPSA) is 30.3 Å². The number of nitrogens with zero attached hydrogens (tertiary/aromatic N) is 3. The number of hydrogen-bond donors (Lipinski definition) is 0. The van der Waals surface area contributed by atoms with Crippen LogP contribution in [0.5, 0.6) is 0 Å². The molecule has 3 heteroatoms. The molecular formula is C11H21N3. The first-order chi connectivity index (χ1) is 6.69. The standard InChI is InChI=1S/C11H21N3/c1-4-10(9-12)14-7-5-11(6-8-14)13(2)3/h10-11H,4-8H2,1-3H3. The van der Waals surface area contributed by atoms with Crippen molar-refractivity contribution in [3.63, 3.8) is 0 Å². The summed E-state index contributed by atoms with van der Waals surface area (Å²) in [5.41, 5.74) is 0. The van der Waals surface area contributed by atoms with E-state index in [1.165, 1.54) is 12.8 Å². The van der Waals surface area contributed by atoms with Gasteiger partial charge in [-0.15, -0.1) is 0 Å². The minimum atomic E-state index is 0.137. The van der Waals surface area contributed by atoms with Crippen molar-refractivity contribution in [2.45, 2.75) is 38.3 Å². The Kier molecular flexibility index (Phi) is 4.37. The lowest BCUT2D eigenvalue weighted by molar-refractivity contribution is 0.125. The highest BCUT2D eigenvalue weighted by molar-refractivity contribution is 4.93. The van der Waals surface area contributed by atoms with Crippen LogP contribution in [0.1, 0.15) is 26.2 Å². The van der Waals surface area contributed by atoms with Gasteiger partial charge in [-0.3, -0.25) is 4.90 Å². The van der Waals surface area contributed by atoms with E-state index in [-0.39, 0.29) is 6.04 Å². The molecule has 0 aromatic carbocycles. The number of nitriles is 1. The average Bonchev–Trinajstić information content (AvgIpc) is 2.20. The van der Waals surface area contributed by atoms with Crippen LogP contribution in [0.3, 0.4) is 0 Å². The van der Waals surface area contributed by atoms with Gasteiger partial charge in [0.1, 0.15) is 0 Å². The van der Waals surface area contributed by atoms with Crippen molar-refractivity contribution in [3.8, 4) is 6.07 Å². The predicted molar refractivity (Wildman–Crippen MR) is 58.0 cm³/mol. The maximum Gasteiger partial charge on any atom is 0.0975 e. The molecule has 0 N–H and O–H groups in total. The molecule has 80 valence electrons. The van der Waals surface area contributed by atoms with Crippen LogP contribution in [0, 0.1) is 11.3 Å². The van der Waals surface area contributed by atoms with E-state index in [0.717, 1.165) is 19.5 Å². The minimum absolute atomic E-state index is 0.137. The summed E-state index contributed by atoms with van der Waals surface area (Å²) in [5, 5.41) is 8.95. The SMILES string of the molecule is CCC(C#N)N1CCC(N(C)C)CC1. The van der Waals surface area contributed by atoms with Gasteiger partial charge in [0.25, 0.3) is 0 Å². The molecule has 1 unspecified atom stereocenters. The number of rotatable bonds is 3. The van der Waals surface area contributed by atoms with Gasteiger partial charge in [-0.25, -0.2) is 0 Å². The monoisotopic (exact) mass is 195 g/mol. The summed E-state index contributed by atoms with van der Waals surface area (Å²) in [6.45, 7) is 4.25. The van der Waals surface area contributed by atoms with E-state index in [0.29, 0.717) is 6.04 Å². The third-order valence-corrected chi connectivity index (χ3v) is 3.21. The Balaban J connectivity index is 2.39. The second-order valence-corrected chi connectivity index (χ2v) is 4.28. The van der Waals surface area contributed by atoms with E-state index in [1.807, 2.05) is 0 Å². The average molecular weight is 195 g/mol. The normalized spacial score (nSPS) is 22.2. The fraction of sp³-hybridized carbons (Fsp3) is 0.909. The van der Waals surface area contributed by atoms with Gasteiger partial charge in [0.05, 0.1) is 12.1 Å². The lowest BCUT2D eigenvalue weighted by atomic mass is 10.0. The zero-order valence-corrected chi connectivity index (χ0v) is 9.53. The van der Waals surface area contributed by atoms with Crippen LogP contribution in [0.25, 0.3) is 0 Å². The Morgan fingerprint density at radius 1 is 1.43 bits per heavy atom. The summed E-state index contributed by atoms with van der Waals surface area (Å²) in [4.78, 5) is 4.62. The van der Waals surface area contributed by atoms with Gasteiger partial charge in [-0.2, -0.15) is 5.26 Å². The summed E-state index contributed by atoms with van der Waals surface area (Å²) in [6.07, 6.45) is 3.35. The largest absolute Gasteiger partial charge is 0.306 e. The van der Waals surface area contributed by atoms with Crippen molar-refractivity contribution in [3.05, 3.63) is 0 Å². The zero-order chi connectivity index (χ0) is 10.6. The van der Waals surface area contributed by atoms with Gasteiger partial charge in [0, 0.05) is 19.1 Å². The molecule has 0 radical (unpaired) electrons. The summed E-state index contributed by atoms with van der Waals surface area (Å²) < 4.78 is 0. The Morgan fingerprint density at radius 3 is 2.36 bits per heavy atom. The molecule has 1 rings (SSSR count). The Bertz CT molecular complexity index is 199. The van der Waals surface area contributed by atoms with Gasteiger partial charge < -0.3 is 4.90 Å². The molecule has 1 heterocycles. The molecule has 0 spiro atoms. The molecule has 0 amide bonds. The lowest BCUT2D eigenvalue weighted by Gasteiger charge is -2.36. The van der Waals surface area contributed by atoms with E-state index < -0.39 is 0 Å². The molecule has 0 saturated carbocycles. The molecular weight excluding hydrogens is 174 g/mol. The molecule has 1 saturated heterocycles. The van der Waals surface area contributed by atoms with E-state index >= 15 is 0 Å². The number of piperidine rings is 1. The van der Waals surface area contributed by atoms with Crippen LogP contribution in [0.15, 0.2) is 0 Å². The van der Waals surface area contributed by atoms with Crippen LogP contribution < -0.4 is 0 Å². The summed E-state index contributed by atoms with van der Waals surface area (Å²) in [6, 6.07) is 3.23. The Labute approximate surface area is 87.3 Å². The highest BCUT2D eigenvalue weighted by Gasteiger charge is 2.24. The van der Waals surface area contributed by atoms with Gasteiger partial charge in [-0.1, -0.05) is 6.92 Å². The van der Waals surface area contributed by atoms with E-state index in [9.17, 15) is 0 Å². The molecule has 1 aliphatic heterocycles. The predicted octanol–water partition coefficient (Wildman–Crippen LogP) is 1.31. The van der Waals surface area contributed by atoms with Crippen LogP contribution in [-0.2, 0) is 0 Å². The molecule has 3 nitrogen and oxygen atoms in total. The van der Waals surface area contributed by atoms with Crippen molar-refractivity contribution in [2.24, 2.45) is 0 Å². The highest BCUT2D eigenvalue weighted by Crippen LogP contribution is 2.17. The van der Waals surface area contributed by atoms with Gasteiger partial charge in [-0.05, 0) is 33.4 Å². The maximum absolute atomic E-state index is 8.95. The first-order valence-corrected chi connectivity index (χ1v) is 5.49. The number of likely N-dealkylation sites (tertiary alicyclic amines) is 1. The summed E-state index contributed by atoms with van der Waals surface area (Å²) >= 11 is 0. The highest BCUT2D eigenvalue weighted by atomic mass is 15.2. The fourth-order valence-corrected chi connectivity index (χ4v) is 2.15. The number of hydrogen-bond acceptors (Lipinski definition) is 3. The molecule has 0 aromatic rings. The fourth-order valence-electron chi connectivity index (χ4n) is 2.15. The van der Waals surface area contributed by atoms with E-state index in [2.05, 4.69) is 36.9 Å². The molecule has 0 bridgehead atoms. The van der Waals surface area contributed by atoms with Crippen LogP contribution in [0.2, 0.25) is 0 Å². The van der Waals surface area contributed by atoms with Crippen molar-refractivity contribution < 1.29 is 0 Å². The van der Waals surface area contributed by atoms with Crippen molar-refractivity contribution in [1.82, 2.24) is 9.80 Å². The molecule has 14 heavy (non-hydrogen) atoms. The van der Waals surface area contributed by atoms with Crippen LogP contribution in [-0.4, -0.2) is 49.1 Å². The van der Waals surface area contributed by atoms with E-state index in [1.54, 1.807) is 0 Å². The summed E-state index contributed by atoms with van der Waals surface area (Å²) in [7, 11) is 4.28. The second kappa shape index (κ2) is 5.33. The van der Waals surface area contributed by atoms with Gasteiger partial charge in [0.15, 0.2) is 0 Å². The quantitative estimate of drug-likeness (QED) is 0.680. The molecule has 0 aromatic heterocycles. The van der Waals surface area contributed by atoms with Gasteiger partial charge >= 0.3 is 0 Å². The van der Waals surface area contributed by atoms with Crippen LogP contribution >= 0.6 is 0 Å². The lowest BCUT2D eigenvalue weighted by Crippen LogP contribution is -2.45. The van der Waals surface area contributed by atoms with Crippen molar-refractivity contribution >= 4 is 0 Å². The van der Waals surface area contributed by atoms with Crippen LogP contribution in [0.4, 0.5) is 0 Å². The zero-order valence-electron chi connectivity index (χ0n) is 9.53. The second-order valence-electron chi connectivity index (χ2n) is 4.28. The van der Waals surface area contributed by atoms with Crippen molar-refractivity contribution in [1.29, 1.82) is 5.26 Å². The minimum Gasteiger partial charge on any atom is -0.306 e. The van der Waals surface area contributed by atoms with E-state index in [4.69, 9.17) is 5.26 Å². The molecule has 1 atom stereocenters. The third-order valence-electron chi connectivity index (χ3n) is 3.21. The molecule has 1 fully saturated rings. The molecule has 0 aliphatic carbocycles. The molecule has 1 aliphatic rings. The van der Waals surface area contributed by atoms with Crippen molar-refractivity contribution in [2.75, 3.05) is 27.2 Å². The Hall–Kier alpha value is -0.590.